The smallest absolute Gasteiger partial charge is 0.335 e. The van der Waals surface area contributed by atoms with E-state index in [1.54, 1.807) is 22.9 Å². The minimum absolute atomic E-state index is 0.188. The van der Waals surface area contributed by atoms with Crippen LogP contribution in [0.4, 0.5) is 0 Å². The summed E-state index contributed by atoms with van der Waals surface area (Å²) in [6, 6.07) is 14.0. The zero-order chi connectivity index (χ0) is 14.8. The van der Waals surface area contributed by atoms with Gasteiger partial charge in [-0.25, -0.2) is 9.48 Å². The Bertz CT molecular complexity index is 860. The van der Waals surface area contributed by atoms with Crippen LogP contribution >= 0.6 is 0 Å². The monoisotopic (exact) mass is 278 g/mol. The van der Waals surface area contributed by atoms with Crippen molar-refractivity contribution >= 4 is 17.0 Å². The van der Waals surface area contributed by atoms with Gasteiger partial charge in [-0.05, 0) is 35.9 Å². The third-order valence-corrected chi connectivity index (χ3v) is 3.18. The van der Waals surface area contributed by atoms with Crippen LogP contribution in [0.5, 0.6) is 0 Å². The zero-order valence-corrected chi connectivity index (χ0v) is 10.9. The Hall–Kier alpha value is -3.20. The number of aromatic nitrogens is 3. The van der Waals surface area contributed by atoms with Crippen molar-refractivity contribution in [2.24, 2.45) is 0 Å². The third-order valence-electron chi connectivity index (χ3n) is 3.18. The lowest BCUT2D eigenvalue weighted by Crippen LogP contribution is -2.02. The fourth-order valence-electron chi connectivity index (χ4n) is 2.08. The van der Waals surface area contributed by atoms with Crippen LogP contribution in [0.3, 0.4) is 0 Å². The lowest BCUT2D eigenvalue weighted by atomic mass is 10.1. The predicted octanol–water partition coefficient (Wildman–Crippen LogP) is 2.05. The van der Waals surface area contributed by atoms with Crippen LogP contribution in [0.25, 0.3) is 11.0 Å². The van der Waals surface area contributed by atoms with Crippen LogP contribution in [0.1, 0.15) is 21.5 Å². The molecule has 0 spiro atoms. The number of aromatic carboxylic acids is 1. The van der Waals surface area contributed by atoms with Gasteiger partial charge in [0.05, 0.1) is 29.3 Å². The molecule has 0 amide bonds. The van der Waals surface area contributed by atoms with Gasteiger partial charge in [0.25, 0.3) is 0 Å². The normalized spacial score (nSPS) is 10.4. The Labute approximate surface area is 119 Å². The van der Waals surface area contributed by atoms with Gasteiger partial charge >= 0.3 is 5.97 Å². The molecule has 0 atom stereocenters. The van der Waals surface area contributed by atoms with Crippen molar-refractivity contribution in [1.82, 2.24) is 15.0 Å². The van der Waals surface area contributed by atoms with E-state index in [1.165, 1.54) is 12.1 Å². The highest BCUT2D eigenvalue weighted by Crippen LogP contribution is 2.15. The Morgan fingerprint density at radius 3 is 2.67 bits per heavy atom. The first-order chi connectivity index (χ1) is 10.2. The number of benzene rings is 2. The van der Waals surface area contributed by atoms with E-state index in [9.17, 15) is 4.79 Å². The van der Waals surface area contributed by atoms with Crippen molar-refractivity contribution in [3.8, 4) is 6.07 Å². The highest BCUT2D eigenvalue weighted by molar-refractivity contribution is 5.92. The minimum atomic E-state index is -0.987. The molecular formula is C15H10N4O2. The van der Waals surface area contributed by atoms with Gasteiger partial charge < -0.3 is 5.11 Å². The van der Waals surface area contributed by atoms with E-state index in [0.717, 1.165) is 11.1 Å². The number of rotatable bonds is 3. The number of carboxylic acids is 1. The maximum absolute atomic E-state index is 10.9. The van der Waals surface area contributed by atoms with Crippen LogP contribution in [0, 0.1) is 11.3 Å². The Balaban J connectivity index is 1.93. The maximum Gasteiger partial charge on any atom is 0.335 e. The fourth-order valence-corrected chi connectivity index (χ4v) is 2.08. The van der Waals surface area contributed by atoms with Gasteiger partial charge in [0.1, 0.15) is 5.52 Å². The second-order valence-electron chi connectivity index (χ2n) is 4.56. The number of carboxylic acid groups (broad SMARTS) is 1. The summed E-state index contributed by atoms with van der Waals surface area (Å²) in [5, 5.41) is 25.8. The molecule has 0 aliphatic heterocycles. The molecule has 3 rings (SSSR count). The second-order valence-corrected chi connectivity index (χ2v) is 4.56. The number of nitrogens with zero attached hydrogens (tertiary/aromatic N) is 4. The van der Waals surface area contributed by atoms with E-state index < -0.39 is 5.97 Å². The average molecular weight is 278 g/mol. The molecule has 0 saturated carbocycles. The van der Waals surface area contributed by atoms with E-state index in [2.05, 4.69) is 16.4 Å². The number of carbonyl (C=O) groups is 1. The predicted molar refractivity (Wildman–Crippen MR) is 74.7 cm³/mol. The van der Waals surface area contributed by atoms with Crippen LogP contribution in [0.2, 0.25) is 0 Å². The highest BCUT2D eigenvalue weighted by Gasteiger charge is 2.09. The molecule has 102 valence electrons. The second kappa shape index (κ2) is 5.06. The first-order valence-corrected chi connectivity index (χ1v) is 6.23. The van der Waals surface area contributed by atoms with Gasteiger partial charge in [0, 0.05) is 0 Å². The molecule has 1 N–H and O–H groups in total. The Morgan fingerprint density at radius 1 is 1.24 bits per heavy atom. The van der Waals surface area contributed by atoms with Gasteiger partial charge in [-0.1, -0.05) is 17.3 Å². The van der Waals surface area contributed by atoms with Crippen molar-refractivity contribution in [3.63, 3.8) is 0 Å². The molecule has 3 aromatic rings. The molecule has 0 saturated heterocycles. The molecule has 0 unspecified atom stereocenters. The Kier molecular flexibility index (Phi) is 3.09. The van der Waals surface area contributed by atoms with Gasteiger partial charge in [0.2, 0.25) is 0 Å². The lowest BCUT2D eigenvalue weighted by molar-refractivity contribution is 0.0697. The molecule has 1 aromatic heterocycles. The van der Waals surface area contributed by atoms with E-state index >= 15 is 0 Å². The third kappa shape index (κ3) is 2.44. The molecule has 0 aliphatic carbocycles. The SMILES string of the molecule is N#Cc1ccc(Cn2nnc3cc(C(=O)O)ccc32)cc1. The topological polar surface area (TPSA) is 91.8 Å². The van der Waals surface area contributed by atoms with Gasteiger partial charge in [-0.15, -0.1) is 5.10 Å². The summed E-state index contributed by atoms with van der Waals surface area (Å²) in [5.41, 5.74) is 3.09. The zero-order valence-electron chi connectivity index (χ0n) is 10.9. The molecule has 0 bridgehead atoms. The van der Waals surface area contributed by atoms with E-state index in [-0.39, 0.29) is 5.56 Å². The number of hydrogen-bond acceptors (Lipinski definition) is 4. The molecule has 21 heavy (non-hydrogen) atoms. The van der Waals surface area contributed by atoms with E-state index in [1.807, 2.05) is 12.1 Å². The number of nitriles is 1. The van der Waals surface area contributed by atoms with Gasteiger partial charge in [-0.2, -0.15) is 5.26 Å². The van der Waals surface area contributed by atoms with Crippen molar-refractivity contribution in [2.75, 3.05) is 0 Å². The molecule has 6 heteroatoms. The lowest BCUT2D eigenvalue weighted by Gasteiger charge is -2.03. The molecule has 2 aromatic carbocycles. The molecule has 0 aliphatic rings. The number of hydrogen-bond donors (Lipinski definition) is 1. The minimum Gasteiger partial charge on any atom is -0.478 e. The Morgan fingerprint density at radius 2 is 2.00 bits per heavy atom. The molecule has 0 radical (unpaired) electrons. The quantitative estimate of drug-likeness (QED) is 0.791. The highest BCUT2D eigenvalue weighted by atomic mass is 16.4. The fraction of sp³-hybridized carbons (Fsp3) is 0.0667. The van der Waals surface area contributed by atoms with Crippen LogP contribution in [-0.2, 0) is 6.54 Å². The summed E-state index contributed by atoms with van der Waals surface area (Å²) in [6.07, 6.45) is 0. The average Bonchev–Trinajstić information content (AvgIpc) is 2.90. The van der Waals surface area contributed by atoms with Gasteiger partial charge in [0.15, 0.2) is 0 Å². The van der Waals surface area contributed by atoms with E-state index in [4.69, 9.17) is 10.4 Å². The summed E-state index contributed by atoms with van der Waals surface area (Å²) in [4.78, 5) is 10.9. The summed E-state index contributed by atoms with van der Waals surface area (Å²) >= 11 is 0. The molecule has 1 heterocycles. The number of fused-ring (bicyclic) bond motifs is 1. The summed E-state index contributed by atoms with van der Waals surface area (Å²) in [5.74, 6) is -0.987. The van der Waals surface area contributed by atoms with Crippen molar-refractivity contribution in [2.45, 2.75) is 6.54 Å². The van der Waals surface area contributed by atoms with Crippen LogP contribution in [0.15, 0.2) is 42.5 Å². The van der Waals surface area contributed by atoms with Crippen molar-refractivity contribution in [1.29, 1.82) is 5.26 Å². The first-order valence-electron chi connectivity index (χ1n) is 6.23. The summed E-state index contributed by atoms with van der Waals surface area (Å²) in [6.45, 7) is 0.509. The van der Waals surface area contributed by atoms with Crippen LogP contribution in [-0.4, -0.2) is 26.1 Å². The summed E-state index contributed by atoms with van der Waals surface area (Å²) in [7, 11) is 0. The summed E-state index contributed by atoms with van der Waals surface area (Å²) < 4.78 is 1.70. The van der Waals surface area contributed by atoms with E-state index in [0.29, 0.717) is 17.6 Å². The maximum atomic E-state index is 10.9. The standard InChI is InChI=1S/C15H10N4O2/c16-8-10-1-3-11(4-2-10)9-19-14-6-5-12(15(20)21)7-13(14)17-18-19/h1-7H,9H2,(H,20,21). The first kappa shape index (κ1) is 12.8. The van der Waals surface area contributed by atoms with Gasteiger partial charge in [-0.3, -0.25) is 0 Å². The molecule has 6 nitrogen and oxygen atoms in total. The largest absolute Gasteiger partial charge is 0.478 e. The van der Waals surface area contributed by atoms with Crippen LogP contribution < -0.4 is 0 Å². The molecule has 0 fully saturated rings. The molecular weight excluding hydrogens is 268 g/mol. The van der Waals surface area contributed by atoms with Crippen molar-refractivity contribution < 1.29 is 9.90 Å². The van der Waals surface area contributed by atoms with Crippen molar-refractivity contribution in [3.05, 3.63) is 59.2 Å².